The first kappa shape index (κ1) is 18.1. The molecule has 0 saturated heterocycles. The molecule has 1 aromatic carbocycles. The van der Waals surface area contributed by atoms with E-state index in [0.29, 0.717) is 22.8 Å². The molecule has 2 rings (SSSR count). The fraction of sp³-hybridized carbons (Fsp3) is 0.333. The van der Waals surface area contributed by atoms with Gasteiger partial charge in [-0.2, -0.15) is 0 Å². The molecule has 0 spiro atoms. The van der Waals surface area contributed by atoms with Gasteiger partial charge in [-0.25, -0.2) is 9.97 Å². The highest BCUT2D eigenvalue weighted by Gasteiger charge is 2.08. The van der Waals surface area contributed by atoms with Gasteiger partial charge < -0.3 is 5.32 Å². The number of hydrogen-bond acceptors (Lipinski definition) is 5. The Morgan fingerprint density at radius 2 is 1.79 bits per heavy atom. The van der Waals surface area contributed by atoms with Crippen LogP contribution in [-0.4, -0.2) is 27.4 Å². The first-order chi connectivity index (χ1) is 11.7. The Bertz CT molecular complexity index is 660. The van der Waals surface area contributed by atoms with E-state index >= 15 is 0 Å². The Labute approximate surface area is 146 Å². The summed E-state index contributed by atoms with van der Waals surface area (Å²) in [5.41, 5.74) is 1.33. The molecule has 1 heterocycles. The molecule has 0 aliphatic carbocycles. The molecule has 1 amide bonds. The third kappa shape index (κ3) is 6.12. The summed E-state index contributed by atoms with van der Waals surface area (Å²) in [6, 6.07) is 8.72. The number of benzene rings is 1. The van der Waals surface area contributed by atoms with Crippen LogP contribution in [0, 0.1) is 0 Å². The van der Waals surface area contributed by atoms with Crippen LogP contribution in [0.25, 0.3) is 0 Å². The van der Waals surface area contributed by atoms with E-state index in [4.69, 9.17) is 0 Å². The maximum Gasteiger partial charge on any atom is 0.224 e. The van der Waals surface area contributed by atoms with Gasteiger partial charge in [0.15, 0.2) is 10.9 Å². The highest BCUT2D eigenvalue weighted by molar-refractivity contribution is 7.99. The van der Waals surface area contributed by atoms with Gasteiger partial charge in [0.25, 0.3) is 0 Å². The highest BCUT2D eigenvalue weighted by atomic mass is 32.2. The van der Waals surface area contributed by atoms with E-state index in [0.717, 1.165) is 19.3 Å². The lowest BCUT2D eigenvalue weighted by atomic mass is 10.1. The number of thioether (sulfide) groups is 1. The largest absolute Gasteiger partial charge is 0.326 e. The lowest BCUT2D eigenvalue weighted by Crippen LogP contribution is -2.11. The molecule has 2 aromatic rings. The van der Waals surface area contributed by atoms with Crippen LogP contribution >= 0.6 is 11.8 Å². The second-order valence-corrected chi connectivity index (χ2v) is 6.27. The van der Waals surface area contributed by atoms with Gasteiger partial charge in [-0.15, -0.1) is 0 Å². The molecule has 0 unspecified atom stereocenters. The van der Waals surface area contributed by atoms with Crippen molar-refractivity contribution in [3.63, 3.8) is 0 Å². The Morgan fingerprint density at radius 1 is 1.08 bits per heavy atom. The van der Waals surface area contributed by atoms with Crippen LogP contribution in [0.15, 0.2) is 47.9 Å². The Balaban J connectivity index is 1.82. The van der Waals surface area contributed by atoms with E-state index in [1.807, 2.05) is 0 Å². The predicted molar refractivity (Wildman–Crippen MR) is 96.3 cm³/mol. The standard InChI is InChI=1S/C18H21N3O2S/c1-2-3-4-6-17(23)21-15-9-7-14(8-10-15)16(22)13-24-18-19-11-5-12-20-18/h5,7-12H,2-4,6,13H2,1H3,(H,21,23). The number of hydrogen-bond donors (Lipinski definition) is 1. The molecule has 1 aromatic heterocycles. The number of carbonyl (C=O) groups is 2. The quantitative estimate of drug-likeness (QED) is 0.323. The van der Waals surface area contributed by atoms with Gasteiger partial charge in [-0.3, -0.25) is 9.59 Å². The molecule has 0 aliphatic heterocycles. The summed E-state index contributed by atoms with van der Waals surface area (Å²) in [7, 11) is 0. The van der Waals surface area contributed by atoms with Gasteiger partial charge in [0.1, 0.15) is 0 Å². The number of nitrogens with zero attached hydrogens (tertiary/aromatic N) is 2. The monoisotopic (exact) mass is 343 g/mol. The summed E-state index contributed by atoms with van der Waals surface area (Å²) in [6.45, 7) is 2.11. The fourth-order valence-electron chi connectivity index (χ4n) is 2.07. The average Bonchev–Trinajstić information content (AvgIpc) is 2.61. The van der Waals surface area contributed by atoms with Crippen molar-refractivity contribution < 1.29 is 9.59 Å². The third-order valence-corrected chi connectivity index (χ3v) is 4.25. The topological polar surface area (TPSA) is 72.0 Å². The number of Topliss-reactive ketones (excluding diaryl/α,β-unsaturated/α-hetero) is 1. The smallest absolute Gasteiger partial charge is 0.224 e. The second kappa shape index (κ2) is 9.82. The maximum atomic E-state index is 12.2. The van der Waals surface area contributed by atoms with Crippen molar-refractivity contribution in [1.82, 2.24) is 9.97 Å². The lowest BCUT2D eigenvalue weighted by Gasteiger charge is -2.06. The van der Waals surface area contributed by atoms with Crippen LogP contribution < -0.4 is 5.32 Å². The number of amides is 1. The van der Waals surface area contributed by atoms with Crippen LogP contribution in [0.5, 0.6) is 0 Å². The zero-order chi connectivity index (χ0) is 17.2. The number of anilines is 1. The first-order valence-corrected chi connectivity index (χ1v) is 9.00. The van der Waals surface area contributed by atoms with Gasteiger partial charge in [-0.1, -0.05) is 31.5 Å². The van der Waals surface area contributed by atoms with E-state index in [1.54, 1.807) is 42.7 Å². The minimum atomic E-state index is 0.00766. The van der Waals surface area contributed by atoms with Crippen LogP contribution in [0.1, 0.15) is 43.0 Å². The van der Waals surface area contributed by atoms with E-state index in [2.05, 4.69) is 22.2 Å². The molecule has 0 fully saturated rings. The number of ketones is 1. The lowest BCUT2D eigenvalue weighted by molar-refractivity contribution is -0.116. The molecular weight excluding hydrogens is 322 g/mol. The fourth-order valence-corrected chi connectivity index (χ4v) is 2.77. The van der Waals surface area contributed by atoms with Gasteiger partial charge in [0, 0.05) is 30.1 Å². The molecule has 126 valence electrons. The van der Waals surface area contributed by atoms with Gasteiger partial charge in [0.05, 0.1) is 5.75 Å². The second-order valence-electron chi connectivity index (χ2n) is 5.33. The number of nitrogens with one attached hydrogen (secondary N) is 1. The van der Waals surface area contributed by atoms with Crippen molar-refractivity contribution in [3.8, 4) is 0 Å². The summed E-state index contributed by atoms with van der Waals surface area (Å²) in [6.07, 6.45) is 6.88. The van der Waals surface area contributed by atoms with Crippen LogP contribution in [0.2, 0.25) is 0 Å². The summed E-state index contributed by atoms with van der Waals surface area (Å²) < 4.78 is 0. The maximum absolute atomic E-state index is 12.2. The van der Waals surface area contributed by atoms with E-state index in [-0.39, 0.29) is 17.4 Å². The van der Waals surface area contributed by atoms with Gasteiger partial charge in [0.2, 0.25) is 5.91 Å². The molecule has 0 saturated carbocycles. The minimum Gasteiger partial charge on any atom is -0.326 e. The first-order valence-electron chi connectivity index (χ1n) is 8.02. The van der Waals surface area contributed by atoms with E-state index in [1.165, 1.54) is 11.8 Å². The van der Waals surface area contributed by atoms with Crippen molar-refractivity contribution in [2.75, 3.05) is 11.1 Å². The molecular formula is C18H21N3O2S. The molecule has 5 nitrogen and oxygen atoms in total. The summed E-state index contributed by atoms with van der Waals surface area (Å²) in [5.74, 6) is 0.305. The molecule has 0 bridgehead atoms. The Kier molecular flexibility index (Phi) is 7.42. The normalized spacial score (nSPS) is 10.4. The summed E-state index contributed by atoms with van der Waals surface area (Å²) in [4.78, 5) is 32.1. The van der Waals surface area contributed by atoms with Crippen molar-refractivity contribution in [1.29, 1.82) is 0 Å². The van der Waals surface area contributed by atoms with Crippen molar-refractivity contribution in [2.45, 2.75) is 37.8 Å². The van der Waals surface area contributed by atoms with E-state index in [9.17, 15) is 9.59 Å². The van der Waals surface area contributed by atoms with Gasteiger partial charge in [-0.05, 0) is 36.8 Å². The van der Waals surface area contributed by atoms with Crippen molar-refractivity contribution >= 4 is 29.1 Å². The average molecular weight is 343 g/mol. The summed E-state index contributed by atoms with van der Waals surface area (Å²) in [5, 5.41) is 3.43. The Hall–Kier alpha value is -2.21. The molecule has 24 heavy (non-hydrogen) atoms. The number of rotatable bonds is 9. The van der Waals surface area contributed by atoms with Crippen LogP contribution in [0.4, 0.5) is 5.69 Å². The SMILES string of the molecule is CCCCCC(=O)Nc1ccc(C(=O)CSc2ncccn2)cc1. The molecule has 1 N–H and O–H groups in total. The molecule has 0 radical (unpaired) electrons. The highest BCUT2D eigenvalue weighted by Crippen LogP contribution is 2.16. The molecule has 0 atom stereocenters. The minimum absolute atomic E-state index is 0.00766. The van der Waals surface area contributed by atoms with E-state index < -0.39 is 0 Å². The van der Waals surface area contributed by atoms with Crippen molar-refractivity contribution in [2.24, 2.45) is 0 Å². The predicted octanol–water partition coefficient (Wildman–Crippen LogP) is 3.97. The summed E-state index contributed by atoms with van der Waals surface area (Å²) >= 11 is 1.31. The third-order valence-electron chi connectivity index (χ3n) is 3.37. The van der Waals surface area contributed by atoms with Crippen molar-refractivity contribution in [3.05, 3.63) is 48.3 Å². The zero-order valence-electron chi connectivity index (χ0n) is 13.7. The number of aromatic nitrogens is 2. The molecule has 6 heteroatoms. The van der Waals surface area contributed by atoms with Crippen LogP contribution in [-0.2, 0) is 4.79 Å². The van der Waals surface area contributed by atoms with Gasteiger partial charge >= 0.3 is 0 Å². The zero-order valence-corrected chi connectivity index (χ0v) is 14.5. The van der Waals surface area contributed by atoms with Crippen LogP contribution in [0.3, 0.4) is 0 Å². The molecule has 0 aliphatic rings. The Morgan fingerprint density at radius 3 is 2.46 bits per heavy atom. The number of carbonyl (C=O) groups excluding carboxylic acids is 2. The number of unbranched alkanes of at least 4 members (excludes halogenated alkanes) is 2.